The molecule has 0 saturated heterocycles. The van der Waals surface area contributed by atoms with Gasteiger partial charge in [0.2, 0.25) is 11.8 Å². The minimum absolute atomic E-state index is 0.0370. The predicted octanol–water partition coefficient (Wildman–Crippen LogP) is 6.06. The van der Waals surface area contributed by atoms with E-state index in [0.29, 0.717) is 22.2 Å². The van der Waals surface area contributed by atoms with Crippen molar-refractivity contribution in [2.75, 3.05) is 18.0 Å². The van der Waals surface area contributed by atoms with Gasteiger partial charge in [0, 0.05) is 22.6 Å². The molecule has 0 radical (unpaired) electrons. The molecule has 0 aromatic heterocycles. The largest absolute Gasteiger partial charge is 0.497 e. The first kappa shape index (κ1) is 31.7. The fourth-order valence-electron chi connectivity index (χ4n) is 5.15. The summed E-state index contributed by atoms with van der Waals surface area (Å²) in [6.45, 7) is 1.36. The minimum atomic E-state index is -4.22. The Labute approximate surface area is 257 Å². The van der Waals surface area contributed by atoms with Gasteiger partial charge in [0.25, 0.3) is 10.0 Å². The van der Waals surface area contributed by atoms with Gasteiger partial charge in [-0.3, -0.25) is 13.9 Å². The Kier molecular flexibility index (Phi) is 10.8. The Balaban J connectivity index is 1.72. The number of benzene rings is 3. The topological polar surface area (TPSA) is 96.0 Å². The van der Waals surface area contributed by atoms with Crippen LogP contribution in [0.3, 0.4) is 0 Å². The molecule has 0 bridgehead atoms. The van der Waals surface area contributed by atoms with E-state index in [2.05, 4.69) is 5.32 Å². The number of rotatable bonds is 12. The van der Waals surface area contributed by atoms with Crippen LogP contribution in [0.25, 0.3) is 0 Å². The maximum Gasteiger partial charge on any atom is 0.264 e. The van der Waals surface area contributed by atoms with Crippen molar-refractivity contribution in [3.8, 4) is 5.75 Å². The van der Waals surface area contributed by atoms with Gasteiger partial charge >= 0.3 is 0 Å². The normalized spacial score (nSPS) is 14.3. The number of anilines is 1. The molecule has 8 nitrogen and oxygen atoms in total. The molecule has 1 atom stereocenters. The summed E-state index contributed by atoms with van der Waals surface area (Å²) in [6, 6.07) is 18.5. The summed E-state index contributed by atoms with van der Waals surface area (Å²) in [5.74, 6) is -0.187. The van der Waals surface area contributed by atoms with Gasteiger partial charge in [-0.25, -0.2) is 8.42 Å². The van der Waals surface area contributed by atoms with Crippen molar-refractivity contribution in [1.29, 1.82) is 0 Å². The predicted molar refractivity (Wildman–Crippen MR) is 165 cm³/mol. The Morgan fingerprint density at radius 2 is 1.67 bits per heavy atom. The maximum absolute atomic E-state index is 14.2. The number of nitrogens with zero attached hydrogens (tertiary/aromatic N) is 2. The lowest BCUT2D eigenvalue weighted by molar-refractivity contribution is -0.140. The third kappa shape index (κ3) is 7.76. The van der Waals surface area contributed by atoms with Crippen LogP contribution < -0.4 is 14.4 Å². The van der Waals surface area contributed by atoms with Crippen molar-refractivity contribution in [3.05, 3.63) is 88.4 Å². The second-order valence-electron chi connectivity index (χ2n) is 10.2. The molecule has 11 heteroatoms. The van der Waals surface area contributed by atoms with E-state index in [1.54, 1.807) is 43.5 Å². The third-order valence-electron chi connectivity index (χ3n) is 7.35. The maximum atomic E-state index is 14.2. The van der Waals surface area contributed by atoms with Crippen LogP contribution in [0.2, 0.25) is 10.0 Å². The molecule has 1 saturated carbocycles. The number of sulfonamides is 1. The van der Waals surface area contributed by atoms with Gasteiger partial charge in [0.15, 0.2) is 0 Å². The highest BCUT2D eigenvalue weighted by atomic mass is 35.5. The zero-order valence-electron chi connectivity index (χ0n) is 23.6. The van der Waals surface area contributed by atoms with Gasteiger partial charge < -0.3 is 15.0 Å². The van der Waals surface area contributed by atoms with Gasteiger partial charge in [-0.2, -0.15) is 0 Å². The summed E-state index contributed by atoms with van der Waals surface area (Å²) in [6.07, 6.45) is 4.23. The molecular formula is C31H35Cl2N3O5S. The molecular weight excluding hydrogens is 597 g/mol. The van der Waals surface area contributed by atoms with Crippen molar-refractivity contribution in [1.82, 2.24) is 10.2 Å². The number of hydrogen-bond donors (Lipinski definition) is 1. The quantitative estimate of drug-likeness (QED) is 0.262. The summed E-state index contributed by atoms with van der Waals surface area (Å²) >= 11 is 12.2. The number of methoxy groups -OCH3 is 1. The van der Waals surface area contributed by atoms with Crippen LogP contribution >= 0.6 is 23.2 Å². The lowest BCUT2D eigenvalue weighted by atomic mass is 10.1. The summed E-state index contributed by atoms with van der Waals surface area (Å²) < 4.78 is 34.2. The first-order chi connectivity index (χ1) is 20.1. The number of ether oxygens (including phenoxy) is 1. The zero-order chi connectivity index (χ0) is 30.3. The Morgan fingerprint density at radius 3 is 2.31 bits per heavy atom. The van der Waals surface area contributed by atoms with E-state index in [4.69, 9.17) is 27.9 Å². The van der Waals surface area contributed by atoms with E-state index in [0.717, 1.165) is 35.6 Å². The van der Waals surface area contributed by atoms with Crippen LogP contribution in [-0.4, -0.2) is 50.9 Å². The van der Waals surface area contributed by atoms with Crippen molar-refractivity contribution in [2.45, 2.75) is 62.6 Å². The van der Waals surface area contributed by atoms with Crippen LogP contribution in [0.4, 0.5) is 5.69 Å². The Bertz CT molecular complexity index is 1490. The minimum Gasteiger partial charge on any atom is -0.497 e. The first-order valence-corrected chi connectivity index (χ1v) is 16.1. The van der Waals surface area contributed by atoms with Gasteiger partial charge in [-0.05, 0) is 79.4 Å². The molecule has 4 rings (SSSR count). The fourth-order valence-corrected chi connectivity index (χ4v) is 6.86. The van der Waals surface area contributed by atoms with E-state index in [1.165, 1.54) is 35.2 Å². The van der Waals surface area contributed by atoms with Gasteiger partial charge in [-0.15, -0.1) is 0 Å². The summed E-state index contributed by atoms with van der Waals surface area (Å²) in [4.78, 5) is 29.2. The van der Waals surface area contributed by atoms with Crippen LogP contribution in [-0.2, 0) is 26.2 Å². The second kappa shape index (κ2) is 14.3. The Hall–Kier alpha value is -3.27. The fraction of sp³-hybridized carbons (Fsp3) is 0.355. The standard InChI is InChI=1S/C31H35Cl2N3O5S/c1-3-29(31(38)34-25-10-4-5-11-25)35(20-22-8-6-13-27(18-22)41-2)30(37)21-36(26-12-7-9-24(33)19-26)42(39,40)28-16-14-23(32)15-17-28/h6-9,12-19,25,29H,3-5,10-11,20-21H2,1-2H3,(H,34,38)/t29-/m0/s1. The SMILES string of the molecule is CC[C@@H](C(=O)NC1CCCC1)N(Cc1cccc(OC)c1)C(=O)CN(c1cccc(Cl)c1)S(=O)(=O)c1ccc(Cl)cc1. The van der Waals surface area contributed by atoms with Crippen LogP contribution in [0, 0.1) is 0 Å². The van der Waals surface area contributed by atoms with Gasteiger partial charge in [0.1, 0.15) is 18.3 Å². The number of amides is 2. The number of carbonyl (C=O) groups is 2. The van der Waals surface area contributed by atoms with Crippen molar-refractivity contribution in [3.63, 3.8) is 0 Å². The lowest BCUT2D eigenvalue weighted by Crippen LogP contribution is -2.53. The average molecular weight is 633 g/mol. The van der Waals surface area contributed by atoms with Crippen LogP contribution in [0.5, 0.6) is 5.75 Å². The van der Waals surface area contributed by atoms with Gasteiger partial charge in [-0.1, -0.05) is 61.2 Å². The highest BCUT2D eigenvalue weighted by Crippen LogP contribution is 2.28. The van der Waals surface area contributed by atoms with Gasteiger partial charge in [0.05, 0.1) is 17.7 Å². The molecule has 3 aromatic carbocycles. The highest BCUT2D eigenvalue weighted by molar-refractivity contribution is 7.92. The molecule has 0 spiro atoms. The molecule has 1 N–H and O–H groups in total. The molecule has 1 fully saturated rings. The summed E-state index contributed by atoms with van der Waals surface area (Å²) in [5, 5.41) is 3.80. The smallest absolute Gasteiger partial charge is 0.264 e. The third-order valence-corrected chi connectivity index (χ3v) is 9.63. The summed E-state index contributed by atoms with van der Waals surface area (Å²) in [5.41, 5.74) is 0.959. The molecule has 1 aliphatic rings. The van der Waals surface area contributed by atoms with E-state index in [9.17, 15) is 18.0 Å². The molecule has 0 aliphatic heterocycles. The Morgan fingerprint density at radius 1 is 0.976 bits per heavy atom. The average Bonchev–Trinajstić information content (AvgIpc) is 3.49. The zero-order valence-corrected chi connectivity index (χ0v) is 26.0. The molecule has 3 aromatic rings. The molecule has 2 amide bonds. The van der Waals surface area contributed by atoms with Crippen LogP contribution in [0.15, 0.2) is 77.7 Å². The van der Waals surface area contributed by atoms with E-state index < -0.39 is 28.5 Å². The molecule has 0 heterocycles. The number of halogens is 2. The molecule has 0 unspecified atom stereocenters. The number of nitrogens with one attached hydrogen (secondary N) is 1. The lowest BCUT2D eigenvalue weighted by Gasteiger charge is -2.34. The first-order valence-electron chi connectivity index (χ1n) is 13.9. The molecule has 224 valence electrons. The van der Waals surface area contributed by atoms with E-state index >= 15 is 0 Å². The van der Waals surface area contributed by atoms with Crippen LogP contribution in [0.1, 0.15) is 44.6 Å². The van der Waals surface area contributed by atoms with E-state index in [1.807, 2.05) is 13.0 Å². The van der Waals surface area contributed by atoms with Crippen molar-refractivity contribution >= 4 is 50.7 Å². The summed E-state index contributed by atoms with van der Waals surface area (Å²) in [7, 11) is -2.67. The number of carbonyl (C=O) groups excluding carboxylic acids is 2. The second-order valence-corrected chi connectivity index (χ2v) is 13.0. The highest BCUT2D eigenvalue weighted by Gasteiger charge is 2.34. The molecule has 1 aliphatic carbocycles. The number of hydrogen-bond acceptors (Lipinski definition) is 5. The van der Waals surface area contributed by atoms with Crippen molar-refractivity contribution < 1.29 is 22.7 Å². The van der Waals surface area contributed by atoms with Crippen molar-refractivity contribution in [2.24, 2.45) is 0 Å². The van der Waals surface area contributed by atoms with E-state index in [-0.39, 0.29) is 29.1 Å². The monoisotopic (exact) mass is 631 g/mol. The molecule has 42 heavy (non-hydrogen) atoms.